The minimum atomic E-state index is -0.809. The Morgan fingerprint density at radius 3 is 1.28 bits per heavy atom. The molecule has 166 valence electrons. The van der Waals surface area contributed by atoms with E-state index in [9.17, 15) is 40.5 Å². The lowest BCUT2D eigenvalue weighted by Crippen LogP contribution is -2.11. The summed E-state index contributed by atoms with van der Waals surface area (Å²) in [6.45, 7) is 2.96. The first-order valence-corrected chi connectivity index (χ1v) is 8.48. The van der Waals surface area contributed by atoms with Crippen LogP contribution < -0.4 is 10.9 Å². The van der Waals surface area contributed by atoms with Crippen molar-refractivity contribution in [2.45, 2.75) is 13.8 Å². The topological polar surface area (TPSA) is 221 Å². The third kappa shape index (κ3) is 5.53. The zero-order valence-corrected chi connectivity index (χ0v) is 16.4. The number of rotatable bonds is 9. The van der Waals surface area contributed by atoms with E-state index in [2.05, 4.69) is 21.1 Å². The Labute approximate surface area is 177 Å². The third-order valence-corrected chi connectivity index (χ3v) is 3.99. The first-order valence-electron chi connectivity index (χ1n) is 8.48. The van der Waals surface area contributed by atoms with Gasteiger partial charge >= 0.3 is 11.4 Å². The molecule has 0 radical (unpaired) electrons. The van der Waals surface area contributed by atoms with Crippen molar-refractivity contribution in [1.29, 1.82) is 0 Å². The molecule has 0 aliphatic heterocycles. The van der Waals surface area contributed by atoms with Gasteiger partial charge in [0.15, 0.2) is 0 Å². The molecule has 0 fully saturated rings. The van der Waals surface area contributed by atoms with Gasteiger partial charge in [-0.2, -0.15) is 10.2 Å². The van der Waals surface area contributed by atoms with Crippen LogP contribution in [0.5, 0.6) is 0 Å². The van der Waals surface area contributed by atoms with E-state index >= 15 is 0 Å². The Morgan fingerprint density at radius 1 is 0.656 bits per heavy atom. The predicted molar refractivity (Wildman–Crippen MR) is 113 cm³/mol. The second-order valence-electron chi connectivity index (χ2n) is 6.05. The first kappa shape index (κ1) is 23.3. The first-order chi connectivity index (χ1) is 15.0. The highest BCUT2D eigenvalue weighted by Gasteiger charge is 2.20. The molecule has 0 aliphatic rings. The summed E-state index contributed by atoms with van der Waals surface area (Å²) in [5.41, 5.74) is 3.01. The third-order valence-electron chi connectivity index (χ3n) is 3.99. The van der Waals surface area contributed by atoms with Gasteiger partial charge in [0, 0.05) is 12.1 Å². The van der Waals surface area contributed by atoms with Crippen LogP contribution in [0.25, 0.3) is 0 Å². The normalized spacial score (nSPS) is 11.6. The molecule has 16 heteroatoms. The van der Waals surface area contributed by atoms with Gasteiger partial charge in [-0.3, -0.25) is 51.3 Å². The Morgan fingerprint density at radius 2 is 1.00 bits per heavy atom. The molecule has 0 atom stereocenters. The Kier molecular flexibility index (Phi) is 7.02. The molecule has 2 aromatic carbocycles. The van der Waals surface area contributed by atoms with E-state index in [0.29, 0.717) is 0 Å². The number of anilines is 2. The second-order valence-corrected chi connectivity index (χ2v) is 6.05. The zero-order chi connectivity index (χ0) is 24.0. The number of nitrogens with zero attached hydrogens (tertiary/aromatic N) is 6. The van der Waals surface area contributed by atoms with Gasteiger partial charge in [0.2, 0.25) is 0 Å². The van der Waals surface area contributed by atoms with Crippen LogP contribution in [0.15, 0.2) is 46.6 Å². The second kappa shape index (κ2) is 9.65. The standard InChI is InChI=1S/C16H14N8O8/c1-9(17-19-13-5-3-11(21(25)26)7-15(13)23(29)30)10(2)18-20-14-6-4-12(22(27)28)8-16(14)24(31)32/h3-8,19-20H,1-2H3/b17-9-,18-10-. The molecule has 16 nitrogen and oxygen atoms in total. The van der Waals surface area contributed by atoms with Crippen molar-refractivity contribution < 1.29 is 19.7 Å². The van der Waals surface area contributed by atoms with Crippen molar-refractivity contribution in [1.82, 2.24) is 0 Å². The fourth-order valence-corrected chi connectivity index (χ4v) is 2.21. The van der Waals surface area contributed by atoms with E-state index in [0.717, 1.165) is 36.4 Å². The predicted octanol–water partition coefficient (Wildman–Crippen LogP) is 3.60. The van der Waals surface area contributed by atoms with Gasteiger partial charge in [0.25, 0.3) is 11.4 Å². The van der Waals surface area contributed by atoms with Gasteiger partial charge in [-0.25, -0.2) is 0 Å². The van der Waals surface area contributed by atoms with E-state index in [1.807, 2.05) is 0 Å². The summed E-state index contributed by atoms with van der Waals surface area (Å²) in [5.74, 6) is 0. The molecule has 0 amide bonds. The van der Waals surface area contributed by atoms with Crippen LogP contribution in [0.1, 0.15) is 13.8 Å². The van der Waals surface area contributed by atoms with E-state index in [4.69, 9.17) is 0 Å². The maximum atomic E-state index is 11.2. The number of non-ortho nitro benzene ring substituents is 2. The van der Waals surface area contributed by atoms with Gasteiger partial charge in [0.1, 0.15) is 11.4 Å². The van der Waals surface area contributed by atoms with Crippen LogP contribution in [0.2, 0.25) is 0 Å². The highest BCUT2D eigenvalue weighted by atomic mass is 16.6. The largest absolute Gasteiger partial charge is 0.301 e. The minimum Gasteiger partial charge on any atom is -0.271 e. The number of hydrogen-bond donors (Lipinski definition) is 2. The number of hydrazone groups is 2. The lowest BCUT2D eigenvalue weighted by Gasteiger charge is -2.06. The van der Waals surface area contributed by atoms with Crippen molar-refractivity contribution in [3.8, 4) is 0 Å². The molecule has 2 N–H and O–H groups in total. The molecular formula is C16H14N8O8. The molecule has 2 rings (SSSR count). The van der Waals surface area contributed by atoms with Gasteiger partial charge in [-0.15, -0.1) is 0 Å². The monoisotopic (exact) mass is 446 g/mol. The molecule has 0 saturated heterocycles. The molecule has 0 saturated carbocycles. The van der Waals surface area contributed by atoms with Gasteiger partial charge < -0.3 is 0 Å². The highest BCUT2D eigenvalue weighted by molar-refractivity contribution is 6.40. The quantitative estimate of drug-likeness (QED) is 0.323. The molecule has 0 unspecified atom stereocenters. The van der Waals surface area contributed by atoms with Crippen LogP contribution in [0.4, 0.5) is 34.1 Å². The van der Waals surface area contributed by atoms with Crippen LogP contribution in [0, 0.1) is 40.5 Å². The van der Waals surface area contributed by atoms with E-state index in [1.54, 1.807) is 0 Å². The van der Waals surface area contributed by atoms with Crippen molar-refractivity contribution in [2.75, 3.05) is 10.9 Å². The summed E-state index contributed by atoms with van der Waals surface area (Å²) in [5, 5.41) is 51.7. The molecule has 0 spiro atoms. The van der Waals surface area contributed by atoms with Crippen LogP contribution in [-0.2, 0) is 0 Å². The smallest absolute Gasteiger partial charge is 0.271 e. The molecular weight excluding hydrogens is 432 g/mol. The van der Waals surface area contributed by atoms with Crippen LogP contribution >= 0.6 is 0 Å². The molecule has 32 heavy (non-hydrogen) atoms. The summed E-state index contributed by atoms with van der Waals surface area (Å²) < 4.78 is 0. The average Bonchev–Trinajstić information content (AvgIpc) is 2.74. The minimum absolute atomic E-state index is 0.105. The number of nitro benzene ring substituents is 4. The van der Waals surface area contributed by atoms with Gasteiger partial charge in [0.05, 0.1) is 43.2 Å². The van der Waals surface area contributed by atoms with Crippen LogP contribution in [0.3, 0.4) is 0 Å². The Bertz CT molecular complexity index is 1090. The number of nitro groups is 4. The highest BCUT2D eigenvalue weighted by Crippen LogP contribution is 2.30. The Hall–Kier alpha value is -5.02. The summed E-state index contributed by atoms with van der Waals surface area (Å²) in [4.78, 5) is 40.7. The fraction of sp³-hybridized carbons (Fsp3) is 0.125. The lowest BCUT2D eigenvalue weighted by molar-refractivity contribution is -0.393. The SMILES string of the molecule is CC(=N/Nc1ccc([N+](=O)[O-])cc1[N+](=O)[O-])/C(C)=N\Nc1ccc([N+](=O)[O-])cc1[N+](=O)[O-]. The maximum Gasteiger partial charge on any atom is 0.301 e. The number of nitrogens with one attached hydrogen (secondary N) is 2. The molecule has 2 aromatic rings. The lowest BCUT2D eigenvalue weighted by atomic mass is 10.2. The fourth-order valence-electron chi connectivity index (χ4n) is 2.21. The summed E-state index contributed by atoms with van der Waals surface area (Å²) in [6, 6.07) is 5.94. The number of hydrogen-bond acceptors (Lipinski definition) is 12. The van der Waals surface area contributed by atoms with Crippen molar-refractivity contribution in [3.63, 3.8) is 0 Å². The van der Waals surface area contributed by atoms with Crippen molar-refractivity contribution in [3.05, 3.63) is 76.9 Å². The van der Waals surface area contributed by atoms with Crippen LogP contribution in [-0.4, -0.2) is 31.1 Å². The molecule has 0 aliphatic carbocycles. The van der Waals surface area contributed by atoms with Gasteiger partial charge in [-0.05, 0) is 26.0 Å². The zero-order valence-electron chi connectivity index (χ0n) is 16.4. The summed E-state index contributed by atoms with van der Waals surface area (Å²) in [6.07, 6.45) is 0. The summed E-state index contributed by atoms with van der Waals surface area (Å²) in [7, 11) is 0. The molecule has 0 aromatic heterocycles. The molecule has 0 heterocycles. The summed E-state index contributed by atoms with van der Waals surface area (Å²) >= 11 is 0. The van der Waals surface area contributed by atoms with E-state index in [-0.39, 0.29) is 22.8 Å². The van der Waals surface area contributed by atoms with E-state index < -0.39 is 42.4 Å². The maximum absolute atomic E-state index is 11.2. The van der Waals surface area contributed by atoms with Crippen molar-refractivity contribution >= 4 is 45.5 Å². The average molecular weight is 446 g/mol. The van der Waals surface area contributed by atoms with Gasteiger partial charge in [-0.1, -0.05) is 0 Å². The number of benzene rings is 2. The Balaban J connectivity index is 2.23. The molecule has 0 bridgehead atoms. The van der Waals surface area contributed by atoms with E-state index in [1.165, 1.54) is 13.8 Å². The van der Waals surface area contributed by atoms with Crippen molar-refractivity contribution in [2.24, 2.45) is 10.2 Å².